The van der Waals surface area contributed by atoms with Crippen molar-refractivity contribution in [2.75, 3.05) is 31.5 Å². The number of H-pyrrole nitrogens is 1. The molecule has 1 fully saturated rings. The summed E-state index contributed by atoms with van der Waals surface area (Å²) >= 11 is 0. The largest absolute Gasteiger partial charge is 0.369 e. The molecule has 1 aromatic carbocycles. The maximum absolute atomic E-state index is 12.4. The summed E-state index contributed by atoms with van der Waals surface area (Å²) in [5.74, 6) is 1.40. The smallest absolute Gasteiger partial charge is 0.179 e. The van der Waals surface area contributed by atoms with Crippen molar-refractivity contribution in [1.82, 2.24) is 19.9 Å². The van der Waals surface area contributed by atoms with Crippen LogP contribution in [0.2, 0.25) is 0 Å². The van der Waals surface area contributed by atoms with Gasteiger partial charge >= 0.3 is 0 Å². The average molecular weight is 377 g/mol. The minimum absolute atomic E-state index is 0.0153. The molecule has 0 aliphatic carbocycles. The van der Waals surface area contributed by atoms with Gasteiger partial charge < -0.3 is 15.2 Å². The molecule has 0 radical (unpaired) electrons. The van der Waals surface area contributed by atoms with Gasteiger partial charge in [-0.15, -0.1) is 0 Å². The maximum atomic E-state index is 12.4. The van der Waals surface area contributed by atoms with Crippen LogP contribution in [0.25, 0.3) is 22.4 Å². The van der Waals surface area contributed by atoms with Gasteiger partial charge in [0.1, 0.15) is 5.82 Å². The van der Waals surface area contributed by atoms with Gasteiger partial charge in [-0.05, 0) is 45.3 Å². The number of likely N-dealkylation sites (tertiary alicyclic amines) is 1. The van der Waals surface area contributed by atoms with E-state index in [2.05, 4.69) is 22.1 Å². The molecular weight excluding hydrogens is 350 g/mol. The number of hydrogen-bond acceptors (Lipinski definition) is 5. The van der Waals surface area contributed by atoms with E-state index in [1.807, 2.05) is 30.3 Å². The van der Waals surface area contributed by atoms with Gasteiger partial charge in [-0.2, -0.15) is 0 Å². The number of hydrogen-bond donors (Lipinski definition) is 2. The minimum Gasteiger partial charge on any atom is -0.369 e. The number of fused-ring (bicyclic) bond motifs is 1. The number of rotatable bonds is 7. The molecule has 1 saturated heterocycles. The van der Waals surface area contributed by atoms with E-state index in [0.717, 1.165) is 41.9 Å². The number of carbonyl (C=O) groups excluding carboxylic acids is 1. The number of benzene rings is 1. The quantitative estimate of drug-likeness (QED) is 0.611. The Balaban J connectivity index is 1.66. The standard InChI is InChI=1S/C22H27N5O/c1-3-16-14-19(23-10-13-27-11-6-7-12-27)26-22(24-16)21-20(15(2)28)17-8-4-5-9-18(17)25-21/h4-5,8-9,14,25H,3,6-7,10-13H2,1-2H3,(H,23,24,26). The van der Waals surface area contributed by atoms with Crippen molar-refractivity contribution in [3.05, 3.63) is 41.6 Å². The number of ketones is 1. The van der Waals surface area contributed by atoms with Crippen LogP contribution in [0.1, 0.15) is 42.7 Å². The number of aromatic amines is 1. The summed E-state index contributed by atoms with van der Waals surface area (Å²) in [5, 5.41) is 4.36. The fourth-order valence-electron chi connectivity index (χ4n) is 3.90. The second-order valence-electron chi connectivity index (χ2n) is 7.37. The lowest BCUT2D eigenvalue weighted by Gasteiger charge is -2.15. The van der Waals surface area contributed by atoms with Gasteiger partial charge in [-0.3, -0.25) is 4.79 Å². The molecule has 3 aromatic rings. The van der Waals surface area contributed by atoms with Crippen molar-refractivity contribution < 1.29 is 4.79 Å². The minimum atomic E-state index is 0.0153. The molecule has 28 heavy (non-hydrogen) atoms. The highest BCUT2D eigenvalue weighted by molar-refractivity contribution is 6.11. The first-order valence-corrected chi connectivity index (χ1v) is 10.1. The number of aryl methyl sites for hydroxylation is 1. The molecule has 1 aliphatic rings. The third kappa shape index (κ3) is 3.78. The van der Waals surface area contributed by atoms with Gasteiger partial charge in [0.15, 0.2) is 11.6 Å². The molecular formula is C22H27N5O. The molecule has 4 rings (SSSR count). The SMILES string of the molecule is CCc1cc(NCCN2CCCC2)nc(-c2[nH]c3ccccc3c2C(C)=O)n1. The molecule has 6 heteroatoms. The van der Waals surface area contributed by atoms with E-state index in [9.17, 15) is 4.79 Å². The van der Waals surface area contributed by atoms with E-state index in [-0.39, 0.29) is 5.78 Å². The summed E-state index contributed by atoms with van der Waals surface area (Å²) in [7, 11) is 0. The number of nitrogens with zero attached hydrogens (tertiary/aromatic N) is 3. The highest BCUT2D eigenvalue weighted by atomic mass is 16.1. The topological polar surface area (TPSA) is 73.9 Å². The molecule has 0 bridgehead atoms. The molecule has 0 spiro atoms. The number of nitrogens with one attached hydrogen (secondary N) is 2. The van der Waals surface area contributed by atoms with Crippen molar-refractivity contribution in [3.63, 3.8) is 0 Å². The third-order valence-corrected chi connectivity index (χ3v) is 5.36. The molecule has 0 saturated carbocycles. The van der Waals surface area contributed by atoms with Gasteiger partial charge in [-0.25, -0.2) is 9.97 Å². The fourth-order valence-corrected chi connectivity index (χ4v) is 3.90. The monoisotopic (exact) mass is 377 g/mol. The van der Waals surface area contributed by atoms with E-state index >= 15 is 0 Å². The lowest BCUT2D eigenvalue weighted by molar-refractivity contribution is 0.102. The van der Waals surface area contributed by atoms with Crippen LogP contribution in [0.15, 0.2) is 30.3 Å². The first-order valence-electron chi connectivity index (χ1n) is 10.1. The zero-order valence-corrected chi connectivity index (χ0v) is 16.6. The van der Waals surface area contributed by atoms with Crippen LogP contribution in [0.3, 0.4) is 0 Å². The summed E-state index contributed by atoms with van der Waals surface area (Å²) in [6.45, 7) is 7.93. The fraction of sp³-hybridized carbons (Fsp3) is 0.409. The Labute approximate surface area is 165 Å². The lowest BCUT2D eigenvalue weighted by Crippen LogP contribution is -2.26. The Morgan fingerprint density at radius 2 is 2.00 bits per heavy atom. The molecule has 6 nitrogen and oxygen atoms in total. The number of carbonyl (C=O) groups is 1. The summed E-state index contributed by atoms with van der Waals surface area (Å²) in [4.78, 5) is 27.6. The molecule has 146 valence electrons. The van der Waals surface area contributed by atoms with Gasteiger partial charge in [0.2, 0.25) is 0 Å². The van der Waals surface area contributed by atoms with E-state index in [0.29, 0.717) is 17.1 Å². The van der Waals surface area contributed by atoms with E-state index in [1.54, 1.807) is 6.92 Å². The summed E-state index contributed by atoms with van der Waals surface area (Å²) in [6, 6.07) is 9.85. The second-order valence-corrected chi connectivity index (χ2v) is 7.37. The predicted octanol–water partition coefficient (Wildman–Crippen LogP) is 3.90. The maximum Gasteiger partial charge on any atom is 0.179 e. The number of Topliss-reactive ketones (excluding diaryl/α,β-unsaturated/α-hetero) is 1. The Morgan fingerprint density at radius 1 is 1.21 bits per heavy atom. The Kier molecular flexibility index (Phi) is 5.39. The molecule has 0 unspecified atom stereocenters. The van der Waals surface area contributed by atoms with Crippen LogP contribution in [-0.4, -0.2) is 51.8 Å². The van der Waals surface area contributed by atoms with Gasteiger partial charge in [-0.1, -0.05) is 25.1 Å². The first-order chi connectivity index (χ1) is 13.7. The van der Waals surface area contributed by atoms with Crippen LogP contribution in [-0.2, 0) is 6.42 Å². The Morgan fingerprint density at radius 3 is 2.75 bits per heavy atom. The summed E-state index contributed by atoms with van der Waals surface area (Å²) in [5.41, 5.74) is 3.25. The third-order valence-electron chi connectivity index (χ3n) is 5.36. The highest BCUT2D eigenvalue weighted by Crippen LogP contribution is 2.29. The Bertz CT molecular complexity index is 988. The zero-order chi connectivity index (χ0) is 19.5. The van der Waals surface area contributed by atoms with E-state index in [1.165, 1.54) is 25.9 Å². The van der Waals surface area contributed by atoms with Gasteiger partial charge in [0.25, 0.3) is 0 Å². The van der Waals surface area contributed by atoms with Gasteiger partial charge in [0.05, 0.1) is 11.3 Å². The van der Waals surface area contributed by atoms with Gasteiger partial charge in [0, 0.05) is 35.8 Å². The van der Waals surface area contributed by atoms with Crippen molar-refractivity contribution in [1.29, 1.82) is 0 Å². The normalized spacial score (nSPS) is 14.6. The number of anilines is 1. The Hall–Kier alpha value is -2.73. The highest BCUT2D eigenvalue weighted by Gasteiger charge is 2.19. The molecule has 1 aliphatic heterocycles. The molecule has 0 atom stereocenters. The molecule has 2 aromatic heterocycles. The van der Waals surface area contributed by atoms with Crippen LogP contribution in [0.4, 0.5) is 5.82 Å². The second kappa shape index (κ2) is 8.10. The molecule has 3 heterocycles. The van der Waals surface area contributed by atoms with Crippen LogP contribution < -0.4 is 5.32 Å². The first kappa shape index (κ1) is 18.6. The van der Waals surface area contributed by atoms with Crippen molar-refractivity contribution >= 4 is 22.5 Å². The number of aromatic nitrogens is 3. The molecule has 0 amide bonds. The van der Waals surface area contributed by atoms with Crippen molar-refractivity contribution in [3.8, 4) is 11.5 Å². The van der Waals surface area contributed by atoms with Crippen LogP contribution in [0.5, 0.6) is 0 Å². The van der Waals surface area contributed by atoms with E-state index in [4.69, 9.17) is 9.97 Å². The molecule has 2 N–H and O–H groups in total. The van der Waals surface area contributed by atoms with Crippen molar-refractivity contribution in [2.45, 2.75) is 33.1 Å². The summed E-state index contributed by atoms with van der Waals surface area (Å²) < 4.78 is 0. The number of para-hydroxylation sites is 1. The van der Waals surface area contributed by atoms with Crippen LogP contribution in [0, 0.1) is 0 Å². The zero-order valence-electron chi connectivity index (χ0n) is 16.6. The lowest BCUT2D eigenvalue weighted by atomic mass is 10.1. The van der Waals surface area contributed by atoms with E-state index < -0.39 is 0 Å². The van der Waals surface area contributed by atoms with Crippen LogP contribution >= 0.6 is 0 Å². The predicted molar refractivity (Wildman–Crippen MR) is 113 cm³/mol. The average Bonchev–Trinajstić information content (AvgIpc) is 3.35. The van der Waals surface area contributed by atoms with Crippen molar-refractivity contribution in [2.24, 2.45) is 0 Å². The summed E-state index contributed by atoms with van der Waals surface area (Å²) in [6.07, 6.45) is 3.41.